The lowest BCUT2D eigenvalue weighted by atomic mass is 10.2. The van der Waals surface area contributed by atoms with Crippen LogP contribution in [0.15, 0.2) is 24.4 Å². The quantitative estimate of drug-likeness (QED) is 0.727. The number of hydrogen-bond acceptors (Lipinski definition) is 6. The molecule has 1 aliphatic rings. The van der Waals surface area contributed by atoms with Gasteiger partial charge in [-0.1, -0.05) is 6.07 Å². The Hall–Kier alpha value is -2.32. The Bertz CT molecular complexity index is 754. The summed E-state index contributed by atoms with van der Waals surface area (Å²) in [4.78, 5) is 8.55. The van der Waals surface area contributed by atoms with Crippen molar-refractivity contribution >= 4 is 5.65 Å². The van der Waals surface area contributed by atoms with E-state index in [-0.39, 0.29) is 11.6 Å². The van der Waals surface area contributed by atoms with Crippen LogP contribution in [0.2, 0.25) is 0 Å². The third-order valence-corrected chi connectivity index (χ3v) is 3.87. The molecule has 0 amide bonds. The maximum absolute atomic E-state index is 10.3. The zero-order chi connectivity index (χ0) is 15.1. The van der Waals surface area contributed by atoms with Crippen LogP contribution in [0.25, 0.3) is 5.65 Å². The van der Waals surface area contributed by atoms with E-state index in [1.165, 1.54) is 0 Å². The van der Waals surface area contributed by atoms with Crippen LogP contribution in [0.4, 0.5) is 0 Å². The van der Waals surface area contributed by atoms with Gasteiger partial charge in [-0.3, -0.25) is 0 Å². The maximum Gasteiger partial charge on any atom is 0.183 e. The predicted molar refractivity (Wildman–Crippen MR) is 75.9 cm³/mol. The standard InChI is InChI=1S/C14H16N6O2/c21-11(13-15-9-5-1-3-7-19(9)17-13)12(22)14-16-10-6-2-4-8-20(10)18-14/h1,3,5,7,11-12,21-22H,2,4,6,8H2. The van der Waals surface area contributed by atoms with E-state index in [0.717, 1.165) is 31.6 Å². The second kappa shape index (κ2) is 5.15. The highest BCUT2D eigenvalue weighted by molar-refractivity contribution is 5.36. The lowest BCUT2D eigenvalue weighted by Crippen LogP contribution is -2.14. The zero-order valence-corrected chi connectivity index (χ0v) is 11.9. The van der Waals surface area contributed by atoms with Gasteiger partial charge >= 0.3 is 0 Å². The van der Waals surface area contributed by atoms with Gasteiger partial charge in [0.1, 0.15) is 18.0 Å². The number of aliphatic hydroxyl groups is 2. The van der Waals surface area contributed by atoms with Crippen molar-refractivity contribution in [1.29, 1.82) is 0 Å². The van der Waals surface area contributed by atoms with Crippen LogP contribution >= 0.6 is 0 Å². The lowest BCUT2D eigenvalue weighted by Gasteiger charge is -2.11. The minimum atomic E-state index is -1.26. The van der Waals surface area contributed by atoms with E-state index in [4.69, 9.17) is 0 Å². The Morgan fingerprint density at radius 2 is 1.82 bits per heavy atom. The first-order valence-electron chi connectivity index (χ1n) is 7.33. The van der Waals surface area contributed by atoms with Crippen LogP contribution in [0, 0.1) is 0 Å². The van der Waals surface area contributed by atoms with Gasteiger partial charge in [-0.15, -0.1) is 5.10 Å². The van der Waals surface area contributed by atoms with Crippen LogP contribution in [-0.2, 0) is 13.0 Å². The first-order chi connectivity index (χ1) is 10.7. The molecule has 0 saturated heterocycles. The fraction of sp³-hybridized carbons (Fsp3) is 0.429. The topological polar surface area (TPSA) is 101 Å². The van der Waals surface area contributed by atoms with Crippen molar-refractivity contribution in [2.75, 3.05) is 0 Å². The Morgan fingerprint density at radius 3 is 2.59 bits per heavy atom. The van der Waals surface area contributed by atoms with Gasteiger partial charge < -0.3 is 10.2 Å². The van der Waals surface area contributed by atoms with Crippen molar-refractivity contribution in [2.45, 2.75) is 38.0 Å². The van der Waals surface area contributed by atoms with Crippen molar-refractivity contribution < 1.29 is 10.2 Å². The van der Waals surface area contributed by atoms with Gasteiger partial charge in [0, 0.05) is 19.2 Å². The molecule has 0 bridgehead atoms. The number of aryl methyl sites for hydroxylation is 2. The molecular weight excluding hydrogens is 284 g/mol. The largest absolute Gasteiger partial charge is 0.382 e. The summed E-state index contributed by atoms with van der Waals surface area (Å²) in [5.41, 5.74) is 0.612. The van der Waals surface area contributed by atoms with Gasteiger partial charge in [0.15, 0.2) is 17.3 Å². The maximum atomic E-state index is 10.3. The van der Waals surface area contributed by atoms with Gasteiger partial charge in [0.25, 0.3) is 0 Å². The first kappa shape index (κ1) is 13.4. The second-order valence-corrected chi connectivity index (χ2v) is 5.43. The molecular formula is C14H16N6O2. The van der Waals surface area contributed by atoms with E-state index in [1.807, 2.05) is 12.1 Å². The molecule has 114 valence electrons. The fourth-order valence-corrected chi connectivity index (χ4v) is 2.68. The summed E-state index contributed by atoms with van der Waals surface area (Å²) in [5.74, 6) is 1.24. The predicted octanol–water partition coefficient (Wildman–Crippen LogP) is 0.424. The summed E-state index contributed by atoms with van der Waals surface area (Å²) in [5, 5.41) is 29.1. The number of fused-ring (bicyclic) bond motifs is 2. The molecule has 4 rings (SSSR count). The van der Waals surface area contributed by atoms with Gasteiger partial charge in [-0.2, -0.15) is 5.10 Å². The van der Waals surface area contributed by atoms with Gasteiger partial charge in [-0.05, 0) is 25.0 Å². The average molecular weight is 300 g/mol. The molecule has 2 unspecified atom stereocenters. The summed E-state index contributed by atoms with van der Waals surface area (Å²) >= 11 is 0. The summed E-state index contributed by atoms with van der Waals surface area (Å²) in [6.07, 6.45) is 2.22. The first-order valence-corrected chi connectivity index (χ1v) is 7.33. The highest BCUT2D eigenvalue weighted by atomic mass is 16.3. The molecule has 8 heteroatoms. The normalized spacial score (nSPS) is 17.4. The smallest absolute Gasteiger partial charge is 0.183 e. The second-order valence-electron chi connectivity index (χ2n) is 5.43. The minimum absolute atomic E-state index is 0.159. The van der Waals surface area contributed by atoms with Crippen LogP contribution in [0.5, 0.6) is 0 Å². The molecule has 3 aromatic heterocycles. The molecule has 2 atom stereocenters. The number of hydrogen-bond donors (Lipinski definition) is 2. The van der Waals surface area contributed by atoms with E-state index < -0.39 is 12.2 Å². The molecule has 4 heterocycles. The minimum Gasteiger partial charge on any atom is -0.382 e. The van der Waals surface area contributed by atoms with Crippen molar-refractivity contribution in [3.63, 3.8) is 0 Å². The third kappa shape index (κ3) is 2.16. The molecule has 8 nitrogen and oxygen atoms in total. The van der Waals surface area contributed by atoms with Crippen LogP contribution in [0.3, 0.4) is 0 Å². The molecule has 0 fully saturated rings. The number of rotatable bonds is 3. The van der Waals surface area contributed by atoms with E-state index in [9.17, 15) is 10.2 Å². The Morgan fingerprint density at radius 1 is 1.00 bits per heavy atom. The molecule has 0 aromatic carbocycles. The van der Waals surface area contributed by atoms with Gasteiger partial charge in [0.05, 0.1) is 0 Å². The molecule has 1 aliphatic heterocycles. The molecule has 0 aliphatic carbocycles. The molecule has 3 aromatic rings. The van der Waals surface area contributed by atoms with Gasteiger partial charge in [-0.25, -0.2) is 19.2 Å². The highest BCUT2D eigenvalue weighted by Gasteiger charge is 2.29. The number of pyridine rings is 1. The van der Waals surface area contributed by atoms with Crippen molar-refractivity contribution in [3.05, 3.63) is 41.9 Å². The van der Waals surface area contributed by atoms with Crippen molar-refractivity contribution in [2.24, 2.45) is 0 Å². The summed E-state index contributed by atoms with van der Waals surface area (Å²) in [6.45, 7) is 0.803. The molecule has 0 saturated carbocycles. The Labute approximate surface area is 126 Å². The zero-order valence-electron chi connectivity index (χ0n) is 11.9. The molecule has 22 heavy (non-hydrogen) atoms. The van der Waals surface area contributed by atoms with Gasteiger partial charge in [0.2, 0.25) is 0 Å². The number of aliphatic hydroxyl groups excluding tert-OH is 2. The Kier molecular flexibility index (Phi) is 3.12. The highest BCUT2D eigenvalue weighted by Crippen LogP contribution is 2.26. The monoisotopic (exact) mass is 300 g/mol. The molecule has 2 N–H and O–H groups in total. The van der Waals surface area contributed by atoms with E-state index in [2.05, 4.69) is 20.2 Å². The SMILES string of the molecule is OC(c1nc2n(n1)CCCC2)C(O)c1nc2ccccn2n1. The van der Waals surface area contributed by atoms with Crippen molar-refractivity contribution in [3.8, 4) is 0 Å². The summed E-state index contributed by atoms with van der Waals surface area (Å²) < 4.78 is 3.35. The van der Waals surface area contributed by atoms with Crippen LogP contribution < -0.4 is 0 Å². The molecule has 0 spiro atoms. The average Bonchev–Trinajstić information content (AvgIpc) is 3.16. The molecule has 0 radical (unpaired) electrons. The summed E-state index contributed by atoms with van der Waals surface area (Å²) in [6, 6.07) is 5.43. The third-order valence-electron chi connectivity index (χ3n) is 3.87. The van der Waals surface area contributed by atoms with Crippen molar-refractivity contribution in [1.82, 2.24) is 29.4 Å². The van der Waals surface area contributed by atoms with E-state index in [1.54, 1.807) is 21.5 Å². The van der Waals surface area contributed by atoms with Crippen LogP contribution in [-0.4, -0.2) is 39.6 Å². The number of nitrogens with zero attached hydrogens (tertiary/aromatic N) is 6. The van der Waals surface area contributed by atoms with Crippen LogP contribution in [0.1, 0.15) is 42.5 Å². The Balaban J connectivity index is 1.63. The summed E-state index contributed by atoms with van der Waals surface area (Å²) in [7, 11) is 0. The lowest BCUT2D eigenvalue weighted by molar-refractivity contribution is 0.00652. The fourth-order valence-electron chi connectivity index (χ4n) is 2.68. The van der Waals surface area contributed by atoms with E-state index >= 15 is 0 Å². The van der Waals surface area contributed by atoms with E-state index in [0.29, 0.717) is 5.65 Å². The number of aromatic nitrogens is 6.